The predicted molar refractivity (Wildman–Crippen MR) is 74.9 cm³/mol. The molecule has 1 N–H and O–H groups in total. The maximum Gasteiger partial charge on any atom is 0.278 e. The highest BCUT2D eigenvalue weighted by atomic mass is 16.6. The summed E-state index contributed by atoms with van der Waals surface area (Å²) in [4.78, 5) is 14.3. The Labute approximate surface area is 119 Å². The molecule has 2 rings (SSSR count). The predicted octanol–water partition coefficient (Wildman–Crippen LogP) is 2.46. The SMILES string of the molecule is CCc1nc(C#N)c(NN=Cc2ccccc2[N+](=O)[O-])o1. The number of hydrogen-bond acceptors (Lipinski definition) is 7. The summed E-state index contributed by atoms with van der Waals surface area (Å²) in [6, 6.07) is 8.06. The zero-order chi connectivity index (χ0) is 15.2. The molecule has 0 unspecified atom stereocenters. The van der Waals surface area contributed by atoms with E-state index < -0.39 is 4.92 Å². The number of aryl methyl sites for hydroxylation is 1. The van der Waals surface area contributed by atoms with Gasteiger partial charge in [0.1, 0.15) is 6.07 Å². The Hall–Kier alpha value is -3.21. The van der Waals surface area contributed by atoms with Crippen LogP contribution in [0.5, 0.6) is 0 Å². The lowest BCUT2D eigenvalue weighted by molar-refractivity contribution is -0.385. The molecule has 0 amide bonds. The lowest BCUT2D eigenvalue weighted by atomic mass is 10.2. The van der Waals surface area contributed by atoms with Crippen LogP contribution in [-0.4, -0.2) is 16.1 Å². The fraction of sp³-hybridized carbons (Fsp3) is 0.154. The topological polar surface area (TPSA) is 117 Å². The molecule has 1 heterocycles. The number of nitro benzene ring substituents is 1. The standard InChI is InChI=1S/C13H11N5O3/c1-2-12-16-10(7-14)13(21-12)17-15-8-9-5-3-4-6-11(9)18(19)20/h3-6,8,17H,2H2,1H3. The zero-order valence-electron chi connectivity index (χ0n) is 11.1. The van der Waals surface area contributed by atoms with Gasteiger partial charge in [-0.05, 0) is 6.07 Å². The minimum Gasteiger partial charge on any atom is -0.422 e. The quantitative estimate of drug-likeness (QED) is 0.512. The Kier molecular flexibility index (Phi) is 4.26. The summed E-state index contributed by atoms with van der Waals surface area (Å²) in [5, 5.41) is 23.6. The molecule has 0 bridgehead atoms. The van der Waals surface area contributed by atoms with Crippen molar-refractivity contribution in [1.82, 2.24) is 4.98 Å². The average molecular weight is 285 g/mol. The maximum absolute atomic E-state index is 10.8. The van der Waals surface area contributed by atoms with E-state index in [-0.39, 0.29) is 17.3 Å². The second-order valence-corrected chi connectivity index (χ2v) is 3.94. The fourth-order valence-corrected chi connectivity index (χ4v) is 1.59. The van der Waals surface area contributed by atoms with Gasteiger partial charge in [-0.25, -0.2) is 10.4 Å². The third-order valence-electron chi connectivity index (χ3n) is 2.58. The van der Waals surface area contributed by atoms with E-state index in [1.165, 1.54) is 12.3 Å². The first-order valence-electron chi connectivity index (χ1n) is 6.08. The Bertz CT molecular complexity index is 730. The third kappa shape index (κ3) is 3.22. The number of oxazole rings is 1. The van der Waals surface area contributed by atoms with Crippen LogP contribution in [0.2, 0.25) is 0 Å². The summed E-state index contributed by atoms with van der Waals surface area (Å²) in [5.41, 5.74) is 2.90. The van der Waals surface area contributed by atoms with Gasteiger partial charge in [-0.2, -0.15) is 10.4 Å². The van der Waals surface area contributed by atoms with Crippen LogP contribution >= 0.6 is 0 Å². The van der Waals surface area contributed by atoms with Gasteiger partial charge >= 0.3 is 0 Å². The van der Waals surface area contributed by atoms with Crippen molar-refractivity contribution < 1.29 is 9.34 Å². The van der Waals surface area contributed by atoms with Gasteiger partial charge in [0.05, 0.1) is 16.7 Å². The number of hydrogen-bond donors (Lipinski definition) is 1. The fourth-order valence-electron chi connectivity index (χ4n) is 1.59. The molecule has 8 nitrogen and oxygen atoms in total. The first-order valence-corrected chi connectivity index (χ1v) is 6.08. The number of anilines is 1. The number of aromatic nitrogens is 1. The number of nitriles is 1. The van der Waals surface area contributed by atoms with Crippen LogP contribution in [0.3, 0.4) is 0 Å². The Morgan fingerprint density at radius 1 is 1.57 bits per heavy atom. The van der Waals surface area contributed by atoms with E-state index in [4.69, 9.17) is 9.68 Å². The molecular weight excluding hydrogens is 274 g/mol. The van der Waals surface area contributed by atoms with Gasteiger partial charge in [-0.3, -0.25) is 10.1 Å². The second kappa shape index (κ2) is 6.29. The third-order valence-corrected chi connectivity index (χ3v) is 2.58. The first kappa shape index (κ1) is 14.2. The van der Waals surface area contributed by atoms with E-state index in [1.807, 2.05) is 13.0 Å². The first-order chi connectivity index (χ1) is 10.2. The Morgan fingerprint density at radius 3 is 3.00 bits per heavy atom. The van der Waals surface area contributed by atoms with Gasteiger partial charge in [0.15, 0.2) is 5.89 Å². The van der Waals surface area contributed by atoms with Crippen molar-refractivity contribution in [3.63, 3.8) is 0 Å². The normalized spacial score (nSPS) is 10.5. The molecule has 0 aliphatic rings. The molecule has 0 radical (unpaired) electrons. The van der Waals surface area contributed by atoms with Crippen molar-refractivity contribution in [3.05, 3.63) is 51.5 Å². The molecule has 8 heteroatoms. The molecule has 0 spiro atoms. The summed E-state index contributed by atoms with van der Waals surface area (Å²) < 4.78 is 5.28. The highest BCUT2D eigenvalue weighted by Crippen LogP contribution is 2.18. The van der Waals surface area contributed by atoms with Crippen molar-refractivity contribution in [2.75, 3.05) is 5.43 Å². The minimum absolute atomic E-state index is 0.0598. The minimum atomic E-state index is -0.494. The average Bonchev–Trinajstić information content (AvgIpc) is 2.90. The van der Waals surface area contributed by atoms with Crippen molar-refractivity contribution in [3.8, 4) is 6.07 Å². The number of nitro groups is 1. The lowest BCUT2D eigenvalue weighted by Crippen LogP contribution is -1.96. The van der Waals surface area contributed by atoms with E-state index in [1.54, 1.807) is 18.2 Å². The second-order valence-electron chi connectivity index (χ2n) is 3.94. The molecule has 0 saturated carbocycles. The van der Waals surface area contributed by atoms with Crippen LogP contribution in [0.1, 0.15) is 24.1 Å². The van der Waals surface area contributed by atoms with E-state index in [0.717, 1.165) is 0 Å². The molecule has 2 aromatic rings. The van der Waals surface area contributed by atoms with Crippen molar-refractivity contribution >= 4 is 17.8 Å². The zero-order valence-corrected chi connectivity index (χ0v) is 11.1. The van der Waals surface area contributed by atoms with Crippen molar-refractivity contribution in [2.24, 2.45) is 5.10 Å². The number of para-hydroxylation sites is 1. The Balaban J connectivity index is 2.19. The van der Waals surface area contributed by atoms with E-state index in [0.29, 0.717) is 17.9 Å². The molecule has 0 atom stereocenters. The summed E-state index contributed by atoms with van der Waals surface area (Å²) in [6.07, 6.45) is 1.83. The molecule has 106 valence electrons. The lowest BCUT2D eigenvalue weighted by Gasteiger charge is -1.97. The number of hydrazone groups is 1. The van der Waals surface area contributed by atoms with Crippen LogP contribution in [0.25, 0.3) is 0 Å². The van der Waals surface area contributed by atoms with Crippen molar-refractivity contribution in [2.45, 2.75) is 13.3 Å². The summed E-state index contributed by atoms with van der Waals surface area (Å²) in [6.45, 7) is 1.84. The number of nitrogens with zero attached hydrogens (tertiary/aromatic N) is 4. The molecule has 1 aromatic carbocycles. The van der Waals surface area contributed by atoms with Gasteiger partial charge in [0.25, 0.3) is 11.6 Å². The van der Waals surface area contributed by atoms with Crippen LogP contribution in [-0.2, 0) is 6.42 Å². The van der Waals surface area contributed by atoms with Gasteiger partial charge in [-0.1, -0.05) is 19.1 Å². The highest BCUT2D eigenvalue weighted by Gasteiger charge is 2.12. The molecule has 0 saturated heterocycles. The van der Waals surface area contributed by atoms with E-state index in [9.17, 15) is 10.1 Å². The van der Waals surface area contributed by atoms with E-state index in [2.05, 4.69) is 15.5 Å². The maximum atomic E-state index is 10.8. The van der Waals surface area contributed by atoms with Crippen LogP contribution in [0, 0.1) is 21.4 Å². The number of benzene rings is 1. The largest absolute Gasteiger partial charge is 0.422 e. The van der Waals surface area contributed by atoms with Gasteiger partial charge in [-0.15, -0.1) is 0 Å². The molecule has 0 fully saturated rings. The summed E-state index contributed by atoms with van der Waals surface area (Å²) in [7, 11) is 0. The van der Waals surface area contributed by atoms with E-state index >= 15 is 0 Å². The molecule has 0 aliphatic carbocycles. The van der Waals surface area contributed by atoms with Gasteiger partial charge in [0, 0.05) is 12.5 Å². The van der Waals surface area contributed by atoms with Gasteiger partial charge in [0.2, 0.25) is 5.69 Å². The molecule has 21 heavy (non-hydrogen) atoms. The smallest absolute Gasteiger partial charge is 0.278 e. The molecule has 1 aromatic heterocycles. The van der Waals surface area contributed by atoms with Gasteiger partial charge < -0.3 is 4.42 Å². The number of nitrogens with one attached hydrogen (secondary N) is 1. The highest BCUT2D eigenvalue weighted by molar-refractivity contribution is 5.85. The molecule has 0 aliphatic heterocycles. The summed E-state index contributed by atoms with van der Waals surface area (Å²) >= 11 is 0. The number of rotatable bonds is 5. The molecular formula is C13H11N5O3. The van der Waals surface area contributed by atoms with Crippen LogP contribution < -0.4 is 5.43 Å². The van der Waals surface area contributed by atoms with Crippen LogP contribution in [0.4, 0.5) is 11.6 Å². The summed E-state index contributed by atoms with van der Waals surface area (Å²) in [5.74, 6) is 0.527. The monoisotopic (exact) mass is 285 g/mol. The Morgan fingerprint density at radius 2 is 2.33 bits per heavy atom. The van der Waals surface area contributed by atoms with Crippen molar-refractivity contribution in [1.29, 1.82) is 5.26 Å². The van der Waals surface area contributed by atoms with Crippen LogP contribution in [0.15, 0.2) is 33.8 Å².